The number of rotatable bonds is 2. The van der Waals surface area contributed by atoms with E-state index in [-0.39, 0.29) is 0 Å². The van der Waals surface area contributed by atoms with Crippen molar-refractivity contribution in [3.05, 3.63) is 34.9 Å². The molecule has 2 rings (SSSR count). The Bertz CT molecular complexity index is 321. The lowest BCUT2D eigenvalue weighted by molar-refractivity contribution is 0.128. The minimum Gasteiger partial charge on any atom is -0.296 e. The average molecular weight is 226 g/mol. The quantitative estimate of drug-likeness (QED) is 0.771. The fourth-order valence-electron chi connectivity index (χ4n) is 1.79. The molecule has 3 nitrogen and oxygen atoms in total. The zero-order chi connectivity index (χ0) is 10.7. The maximum atomic E-state index is 6.11. The molecule has 1 fully saturated rings. The van der Waals surface area contributed by atoms with Crippen LogP contribution in [0.25, 0.3) is 0 Å². The molecule has 0 saturated carbocycles. The molecule has 2 N–H and O–H groups in total. The van der Waals surface area contributed by atoms with E-state index in [9.17, 15) is 0 Å². The molecular weight excluding hydrogens is 210 g/mol. The van der Waals surface area contributed by atoms with Crippen LogP contribution < -0.4 is 5.84 Å². The number of nitrogens with two attached hydrogens (primary N) is 1. The molecule has 0 amide bonds. The summed E-state index contributed by atoms with van der Waals surface area (Å²) in [6.07, 6.45) is 0. The molecule has 1 aliphatic heterocycles. The van der Waals surface area contributed by atoms with E-state index in [1.807, 2.05) is 23.2 Å². The van der Waals surface area contributed by atoms with Gasteiger partial charge in [-0.05, 0) is 11.6 Å². The third-order valence-corrected chi connectivity index (χ3v) is 3.13. The highest BCUT2D eigenvalue weighted by Crippen LogP contribution is 2.17. The summed E-state index contributed by atoms with van der Waals surface area (Å²) in [5, 5.41) is 2.72. The van der Waals surface area contributed by atoms with Crippen molar-refractivity contribution < 1.29 is 0 Å². The van der Waals surface area contributed by atoms with Crippen molar-refractivity contribution >= 4 is 11.6 Å². The number of hydrazine groups is 1. The van der Waals surface area contributed by atoms with E-state index < -0.39 is 0 Å². The molecule has 0 atom stereocenters. The topological polar surface area (TPSA) is 32.5 Å². The van der Waals surface area contributed by atoms with Crippen LogP contribution in [-0.2, 0) is 6.54 Å². The normalized spacial score (nSPS) is 19.3. The molecule has 0 radical (unpaired) electrons. The monoisotopic (exact) mass is 225 g/mol. The van der Waals surface area contributed by atoms with E-state index in [0.29, 0.717) is 0 Å². The van der Waals surface area contributed by atoms with E-state index in [2.05, 4.69) is 11.0 Å². The summed E-state index contributed by atoms with van der Waals surface area (Å²) in [6, 6.07) is 8.01. The van der Waals surface area contributed by atoms with Crippen molar-refractivity contribution in [2.24, 2.45) is 5.84 Å². The van der Waals surface area contributed by atoms with Gasteiger partial charge in [0.1, 0.15) is 0 Å². The van der Waals surface area contributed by atoms with Gasteiger partial charge in [0.15, 0.2) is 0 Å². The van der Waals surface area contributed by atoms with Gasteiger partial charge in [-0.1, -0.05) is 29.8 Å². The van der Waals surface area contributed by atoms with Crippen LogP contribution in [0, 0.1) is 0 Å². The fraction of sp³-hybridized carbons (Fsp3) is 0.455. The third kappa shape index (κ3) is 2.92. The maximum Gasteiger partial charge on any atom is 0.0451 e. The molecule has 1 aromatic carbocycles. The van der Waals surface area contributed by atoms with E-state index in [0.717, 1.165) is 37.7 Å². The summed E-state index contributed by atoms with van der Waals surface area (Å²) in [5.41, 5.74) is 1.20. The Morgan fingerprint density at radius 3 is 2.47 bits per heavy atom. The third-order valence-electron chi connectivity index (χ3n) is 2.76. The number of halogens is 1. The van der Waals surface area contributed by atoms with Crippen molar-refractivity contribution in [1.29, 1.82) is 0 Å². The molecular formula is C11H16ClN3. The maximum absolute atomic E-state index is 6.11. The zero-order valence-electron chi connectivity index (χ0n) is 8.69. The number of piperazine rings is 1. The fourth-order valence-corrected chi connectivity index (χ4v) is 1.98. The Labute approximate surface area is 95.4 Å². The Morgan fingerprint density at radius 1 is 1.13 bits per heavy atom. The molecule has 1 aromatic rings. The predicted octanol–water partition coefficient (Wildman–Crippen LogP) is 1.33. The van der Waals surface area contributed by atoms with Crippen molar-refractivity contribution in [3.8, 4) is 0 Å². The molecule has 1 aliphatic rings. The molecule has 0 aromatic heterocycles. The molecule has 4 heteroatoms. The first-order chi connectivity index (χ1) is 7.25. The van der Waals surface area contributed by atoms with E-state index in [1.165, 1.54) is 5.56 Å². The van der Waals surface area contributed by atoms with Crippen molar-refractivity contribution in [1.82, 2.24) is 9.91 Å². The minimum atomic E-state index is 0.854. The van der Waals surface area contributed by atoms with Gasteiger partial charge in [-0.2, -0.15) is 0 Å². The van der Waals surface area contributed by atoms with Crippen LogP contribution >= 0.6 is 11.6 Å². The summed E-state index contributed by atoms with van der Waals surface area (Å²) in [6.45, 7) is 4.83. The molecule has 0 spiro atoms. The molecule has 0 unspecified atom stereocenters. The Hall–Kier alpha value is -0.610. The van der Waals surface area contributed by atoms with Gasteiger partial charge in [0, 0.05) is 37.7 Å². The van der Waals surface area contributed by atoms with Crippen molar-refractivity contribution in [3.63, 3.8) is 0 Å². The standard InChI is InChI=1S/C11H16ClN3/c12-11-4-2-1-3-10(11)9-14-5-7-15(13)8-6-14/h1-4H,5-9,13H2. The van der Waals surface area contributed by atoms with E-state index in [1.54, 1.807) is 0 Å². The second-order valence-electron chi connectivity index (χ2n) is 3.90. The number of nitrogens with zero attached hydrogens (tertiary/aromatic N) is 2. The number of hydrogen-bond donors (Lipinski definition) is 1. The first-order valence-electron chi connectivity index (χ1n) is 5.21. The lowest BCUT2D eigenvalue weighted by atomic mass is 10.2. The second kappa shape index (κ2) is 4.94. The van der Waals surface area contributed by atoms with Gasteiger partial charge in [0.25, 0.3) is 0 Å². The molecule has 1 saturated heterocycles. The molecule has 0 aliphatic carbocycles. The second-order valence-corrected chi connectivity index (χ2v) is 4.31. The van der Waals surface area contributed by atoms with Crippen LogP contribution in [0.5, 0.6) is 0 Å². The van der Waals surface area contributed by atoms with Crippen LogP contribution in [0.4, 0.5) is 0 Å². The number of benzene rings is 1. The molecule has 1 heterocycles. The van der Waals surface area contributed by atoms with E-state index in [4.69, 9.17) is 17.4 Å². The summed E-state index contributed by atoms with van der Waals surface area (Å²) in [5.74, 6) is 5.70. The largest absolute Gasteiger partial charge is 0.296 e. The minimum absolute atomic E-state index is 0.854. The lowest BCUT2D eigenvalue weighted by Gasteiger charge is -2.32. The summed E-state index contributed by atoms with van der Waals surface area (Å²) in [7, 11) is 0. The van der Waals surface area contributed by atoms with Crippen LogP contribution in [0.15, 0.2) is 24.3 Å². The predicted molar refractivity (Wildman–Crippen MR) is 62.5 cm³/mol. The Morgan fingerprint density at radius 2 is 1.80 bits per heavy atom. The highest BCUT2D eigenvalue weighted by atomic mass is 35.5. The smallest absolute Gasteiger partial charge is 0.0451 e. The van der Waals surface area contributed by atoms with Crippen LogP contribution in [0.3, 0.4) is 0 Å². The van der Waals surface area contributed by atoms with Gasteiger partial charge in [0.2, 0.25) is 0 Å². The van der Waals surface area contributed by atoms with Crippen LogP contribution in [0.1, 0.15) is 5.56 Å². The van der Waals surface area contributed by atoms with Gasteiger partial charge >= 0.3 is 0 Å². The average Bonchev–Trinajstić information content (AvgIpc) is 2.25. The Kier molecular flexibility index (Phi) is 3.59. The van der Waals surface area contributed by atoms with Gasteiger partial charge in [-0.3, -0.25) is 10.7 Å². The first kappa shape index (κ1) is 10.9. The number of hydrogen-bond acceptors (Lipinski definition) is 3. The van der Waals surface area contributed by atoms with Crippen molar-refractivity contribution in [2.45, 2.75) is 6.54 Å². The van der Waals surface area contributed by atoms with Gasteiger partial charge in [-0.15, -0.1) is 0 Å². The van der Waals surface area contributed by atoms with Gasteiger partial charge in [0.05, 0.1) is 0 Å². The highest BCUT2D eigenvalue weighted by molar-refractivity contribution is 6.31. The van der Waals surface area contributed by atoms with Crippen LogP contribution in [0.2, 0.25) is 5.02 Å². The highest BCUT2D eigenvalue weighted by Gasteiger charge is 2.14. The van der Waals surface area contributed by atoms with Gasteiger partial charge < -0.3 is 0 Å². The van der Waals surface area contributed by atoms with Crippen molar-refractivity contribution in [2.75, 3.05) is 26.2 Å². The van der Waals surface area contributed by atoms with Crippen LogP contribution in [-0.4, -0.2) is 36.1 Å². The summed E-state index contributed by atoms with van der Waals surface area (Å²) in [4.78, 5) is 2.38. The zero-order valence-corrected chi connectivity index (χ0v) is 9.45. The summed E-state index contributed by atoms with van der Waals surface area (Å²) < 4.78 is 0. The lowest BCUT2D eigenvalue weighted by Crippen LogP contribution is -2.48. The molecule has 0 bridgehead atoms. The summed E-state index contributed by atoms with van der Waals surface area (Å²) >= 11 is 6.11. The van der Waals surface area contributed by atoms with E-state index >= 15 is 0 Å². The SMILES string of the molecule is NN1CCN(Cc2ccccc2Cl)CC1. The molecule has 15 heavy (non-hydrogen) atoms. The van der Waals surface area contributed by atoms with Gasteiger partial charge in [-0.25, -0.2) is 5.01 Å². The first-order valence-corrected chi connectivity index (χ1v) is 5.59. The molecule has 82 valence electrons. The Balaban J connectivity index is 1.95.